The molecule has 0 amide bonds. The number of rotatable bonds is 4. The van der Waals surface area contributed by atoms with Crippen LogP contribution in [0.5, 0.6) is 0 Å². The summed E-state index contributed by atoms with van der Waals surface area (Å²) in [5.41, 5.74) is 1.77. The van der Waals surface area contributed by atoms with Crippen molar-refractivity contribution < 1.29 is 9.90 Å². The van der Waals surface area contributed by atoms with Gasteiger partial charge in [0.2, 0.25) is 5.95 Å². The zero-order valence-electron chi connectivity index (χ0n) is 11.8. The molecule has 7 heteroatoms. The number of carbonyl (C=O) groups is 1. The predicted octanol–water partition coefficient (Wildman–Crippen LogP) is 2.41. The molecule has 0 fully saturated rings. The number of benzene rings is 1. The van der Waals surface area contributed by atoms with E-state index >= 15 is 0 Å². The van der Waals surface area contributed by atoms with Crippen LogP contribution in [-0.2, 0) is 0 Å². The zero-order chi connectivity index (χ0) is 15.5. The number of aromatic carboxylic acids is 1. The lowest BCUT2D eigenvalue weighted by molar-refractivity contribution is 0.0697. The highest BCUT2D eigenvalue weighted by Gasteiger charge is 2.08. The van der Waals surface area contributed by atoms with E-state index < -0.39 is 5.97 Å². The predicted molar refractivity (Wildman–Crippen MR) is 80.6 cm³/mol. The van der Waals surface area contributed by atoms with Crippen LogP contribution in [0.15, 0.2) is 49.2 Å². The van der Waals surface area contributed by atoms with Crippen LogP contribution >= 0.6 is 0 Å². The molecule has 0 bridgehead atoms. The van der Waals surface area contributed by atoms with Gasteiger partial charge in [-0.05, 0) is 30.7 Å². The highest BCUT2D eigenvalue weighted by molar-refractivity contribution is 5.89. The number of nitrogens with zero attached hydrogens (tertiary/aromatic N) is 4. The summed E-state index contributed by atoms with van der Waals surface area (Å²) in [6.45, 7) is 1.88. The van der Waals surface area contributed by atoms with Gasteiger partial charge < -0.3 is 10.4 Å². The Morgan fingerprint density at radius 1 is 1.27 bits per heavy atom. The monoisotopic (exact) mass is 295 g/mol. The van der Waals surface area contributed by atoms with Gasteiger partial charge in [-0.3, -0.25) is 4.57 Å². The smallest absolute Gasteiger partial charge is 0.335 e. The lowest BCUT2D eigenvalue weighted by Gasteiger charge is -2.10. The molecule has 22 heavy (non-hydrogen) atoms. The fourth-order valence-electron chi connectivity index (χ4n) is 1.96. The lowest BCUT2D eigenvalue weighted by atomic mass is 10.1. The van der Waals surface area contributed by atoms with Gasteiger partial charge in [0, 0.05) is 24.3 Å². The van der Waals surface area contributed by atoms with Gasteiger partial charge in [0.05, 0.1) is 5.56 Å². The molecule has 110 valence electrons. The summed E-state index contributed by atoms with van der Waals surface area (Å²) in [5.74, 6) is 0.0787. The molecular formula is C15H13N5O2. The third-order valence-electron chi connectivity index (χ3n) is 3.14. The summed E-state index contributed by atoms with van der Waals surface area (Å²) in [7, 11) is 0. The third kappa shape index (κ3) is 2.78. The molecule has 0 saturated heterocycles. The minimum Gasteiger partial charge on any atom is -0.478 e. The van der Waals surface area contributed by atoms with Gasteiger partial charge in [-0.2, -0.15) is 4.98 Å². The first-order valence-corrected chi connectivity index (χ1v) is 6.56. The number of carboxylic acid groups (broad SMARTS) is 1. The van der Waals surface area contributed by atoms with Crippen molar-refractivity contribution in [3.05, 3.63) is 60.3 Å². The van der Waals surface area contributed by atoms with Gasteiger partial charge in [-0.25, -0.2) is 14.8 Å². The number of nitrogens with one attached hydrogen (secondary N) is 1. The van der Waals surface area contributed by atoms with Crippen LogP contribution in [0.1, 0.15) is 15.9 Å². The van der Waals surface area contributed by atoms with E-state index in [4.69, 9.17) is 5.11 Å². The van der Waals surface area contributed by atoms with Crippen molar-refractivity contribution in [3.63, 3.8) is 0 Å². The van der Waals surface area contributed by atoms with E-state index in [2.05, 4.69) is 20.3 Å². The molecule has 0 atom stereocenters. The Labute approximate surface area is 126 Å². The minimum absolute atomic E-state index is 0.207. The first-order chi connectivity index (χ1) is 10.6. The molecule has 2 heterocycles. The first kappa shape index (κ1) is 13.7. The maximum absolute atomic E-state index is 11.1. The number of imidazole rings is 1. The Bertz CT molecular complexity index is 815. The van der Waals surface area contributed by atoms with E-state index in [0.717, 1.165) is 5.56 Å². The Hall–Kier alpha value is -3.22. The van der Waals surface area contributed by atoms with Crippen molar-refractivity contribution in [1.82, 2.24) is 19.5 Å². The summed E-state index contributed by atoms with van der Waals surface area (Å²) < 4.78 is 1.76. The Morgan fingerprint density at radius 2 is 2.14 bits per heavy atom. The fraction of sp³-hybridized carbons (Fsp3) is 0.0667. The molecule has 0 aliphatic rings. The van der Waals surface area contributed by atoms with E-state index in [0.29, 0.717) is 17.5 Å². The average molecular weight is 295 g/mol. The molecule has 3 rings (SSSR count). The summed E-state index contributed by atoms with van der Waals surface area (Å²) in [6, 6.07) is 6.62. The van der Waals surface area contributed by atoms with Crippen LogP contribution in [-0.4, -0.2) is 30.6 Å². The first-order valence-electron chi connectivity index (χ1n) is 6.56. The third-order valence-corrected chi connectivity index (χ3v) is 3.14. The molecule has 0 unspecified atom stereocenters. The Kier molecular flexibility index (Phi) is 3.53. The summed E-state index contributed by atoms with van der Waals surface area (Å²) in [6.07, 6.45) is 6.71. The van der Waals surface area contributed by atoms with E-state index in [1.54, 1.807) is 53.8 Å². The van der Waals surface area contributed by atoms with Gasteiger partial charge in [-0.15, -0.1) is 0 Å². The molecule has 0 saturated carbocycles. The molecular weight excluding hydrogens is 282 g/mol. The highest BCUT2D eigenvalue weighted by Crippen LogP contribution is 2.20. The summed E-state index contributed by atoms with van der Waals surface area (Å²) in [5, 5.41) is 12.1. The van der Waals surface area contributed by atoms with Gasteiger partial charge in [0.25, 0.3) is 0 Å². The van der Waals surface area contributed by atoms with Gasteiger partial charge in [0.1, 0.15) is 12.1 Å². The topological polar surface area (TPSA) is 92.9 Å². The van der Waals surface area contributed by atoms with Crippen molar-refractivity contribution in [2.45, 2.75) is 6.92 Å². The standard InChI is InChI=1S/C15H13N5O2/c1-10-2-3-11(14(21)22)8-12(10)18-15-17-5-4-13(19-15)20-7-6-16-9-20/h2-9H,1H3,(H,21,22)(H,17,18,19). The second kappa shape index (κ2) is 5.65. The molecule has 0 radical (unpaired) electrons. The number of hydrogen-bond donors (Lipinski definition) is 2. The van der Waals surface area contributed by atoms with E-state index in [1.807, 2.05) is 6.92 Å². The molecule has 0 aliphatic carbocycles. The molecule has 2 aromatic heterocycles. The molecule has 0 spiro atoms. The van der Waals surface area contributed by atoms with Crippen molar-refractivity contribution in [1.29, 1.82) is 0 Å². The van der Waals surface area contributed by atoms with Crippen LogP contribution in [0.25, 0.3) is 5.82 Å². The van der Waals surface area contributed by atoms with Crippen molar-refractivity contribution in [2.24, 2.45) is 0 Å². The molecule has 0 aliphatic heterocycles. The zero-order valence-corrected chi connectivity index (χ0v) is 11.8. The summed E-state index contributed by atoms with van der Waals surface area (Å²) in [4.78, 5) is 23.6. The van der Waals surface area contributed by atoms with Crippen LogP contribution in [0.3, 0.4) is 0 Å². The number of anilines is 2. The van der Waals surface area contributed by atoms with E-state index in [-0.39, 0.29) is 5.56 Å². The highest BCUT2D eigenvalue weighted by atomic mass is 16.4. The summed E-state index contributed by atoms with van der Waals surface area (Å²) >= 11 is 0. The van der Waals surface area contributed by atoms with Gasteiger partial charge >= 0.3 is 5.97 Å². The fourth-order valence-corrected chi connectivity index (χ4v) is 1.96. The quantitative estimate of drug-likeness (QED) is 0.767. The van der Waals surface area contributed by atoms with Crippen LogP contribution < -0.4 is 5.32 Å². The van der Waals surface area contributed by atoms with Gasteiger partial charge in [-0.1, -0.05) is 6.07 Å². The number of hydrogen-bond acceptors (Lipinski definition) is 5. The number of aryl methyl sites for hydroxylation is 1. The van der Waals surface area contributed by atoms with Crippen molar-refractivity contribution >= 4 is 17.6 Å². The van der Waals surface area contributed by atoms with E-state index in [1.165, 1.54) is 0 Å². The van der Waals surface area contributed by atoms with E-state index in [9.17, 15) is 4.79 Å². The Morgan fingerprint density at radius 3 is 2.86 bits per heavy atom. The van der Waals surface area contributed by atoms with Crippen molar-refractivity contribution in [2.75, 3.05) is 5.32 Å². The SMILES string of the molecule is Cc1ccc(C(=O)O)cc1Nc1nccc(-n2ccnc2)n1. The largest absolute Gasteiger partial charge is 0.478 e. The van der Waals surface area contributed by atoms with Gasteiger partial charge in [0.15, 0.2) is 0 Å². The van der Waals surface area contributed by atoms with Crippen LogP contribution in [0, 0.1) is 6.92 Å². The molecule has 3 aromatic rings. The van der Waals surface area contributed by atoms with Crippen LogP contribution in [0.4, 0.5) is 11.6 Å². The van der Waals surface area contributed by atoms with Crippen LogP contribution in [0.2, 0.25) is 0 Å². The van der Waals surface area contributed by atoms with Crippen molar-refractivity contribution in [3.8, 4) is 5.82 Å². The second-order valence-corrected chi connectivity index (χ2v) is 4.67. The second-order valence-electron chi connectivity index (χ2n) is 4.67. The normalized spacial score (nSPS) is 10.4. The maximum atomic E-state index is 11.1. The minimum atomic E-state index is -0.976. The lowest BCUT2D eigenvalue weighted by Crippen LogP contribution is -2.04. The number of carboxylic acids is 1. The molecule has 1 aromatic carbocycles. The Balaban J connectivity index is 1.92. The molecule has 7 nitrogen and oxygen atoms in total. The molecule has 2 N–H and O–H groups in total. The average Bonchev–Trinajstić information content (AvgIpc) is 3.04. The number of aromatic nitrogens is 4. The maximum Gasteiger partial charge on any atom is 0.335 e.